The molecule has 0 saturated carbocycles. The molecule has 0 bridgehead atoms. The van der Waals surface area contributed by atoms with Gasteiger partial charge in [-0.05, 0) is 78.6 Å². The Balaban J connectivity index is 3.26. The summed E-state index contributed by atoms with van der Waals surface area (Å²) in [4.78, 5) is 0. The number of hydrogen-bond acceptors (Lipinski definition) is 6. The fraction of sp³-hybridized carbons (Fsp3) is 1.00. The standard InChI is InChI=1S/C18H44O6Si4/c1-25(2,3)20-13-14-15(22-26(4,5)6)16(23-27(7,8)9)17(18(19)21-14)24-28(10,11)12/h14-19H,13H2,1-12H3/t14-,15+,16+,17+,18?/m0/s1. The first-order valence-electron chi connectivity index (χ1n) is 10.3. The van der Waals surface area contributed by atoms with E-state index < -0.39 is 45.7 Å². The van der Waals surface area contributed by atoms with Gasteiger partial charge in [-0.15, -0.1) is 0 Å². The predicted octanol–water partition coefficient (Wildman–Crippen LogP) is 4.22. The van der Waals surface area contributed by atoms with Gasteiger partial charge in [-0.25, -0.2) is 0 Å². The number of rotatable bonds is 9. The molecule has 1 unspecified atom stereocenters. The SMILES string of the molecule is C[Si](C)(C)OC[C@@H]1OC(O)[C@H](O[Si](C)(C)C)[C@H](O[Si](C)(C)C)[C@@H]1O[Si](C)(C)C. The first-order chi connectivity index (χ1) is 12.3. The van der Waals surface area contributed by atoms with E-state index in [0.29, 0.717) is 6.61 Å². The summed E-state index contributed by atoms with van der Waals surface area (Å²) in [6.07, 6.45) is -2.67. The largest absolute Gasteiger partial charge is 0.415 e. The van der Waals surface area contributed by atoms with E-state index in [2.05, 4.69) is 78.6 Å². The maximum absolute atomic E-state index is 10.8. The Hall–Kier alpha value is 0.628. The lowest BCUT2D eigenvalue weighted by molar-refractivity contribution is -0.274. The molecule has 1 rings (SSSR count). The highest BCUT2D eigenvalue weighted by molar-refractivity contribution is 6.71. The molecule has 28 heavy (non-hydrogen) atoms. The van der Waals surface area contributed by atoms with Crippen molar-refractivity contribution >= 4 is 33.3 Å². The third-order valence-electron chi connectivity index (χ3n) is 3.76. The quantitative estimate of drug-likeness (QED) is 0.511. The van der Waals surface area contributed by atoms with Gasteiger partial charge in [0.25, 0.3) is 0 Å². The second-order valence-electron chi connectivity index (χ2n) is 11.6. The van der Waals surface area contributed by atoms with Crippen LogP contribution < -0.4 is 0 Å². The first-order valence-corrected chi connectivity index (χ1v) is 23.9. The van der Waals surface area contributed by atoms with Crippen LogP contribution in [0.3, 0.4) is 0 Å². The van der Waals surface area contributed by atoms with Crippen LogP contribution in [0.2, 0.25) is 78.6 Å². The summed E-state index contributed by atoms with van der Waals surface area (Å²) >= 11 is 0. The molecule has 1 saturated heterocycles. The lowest BCUT2D eigenvalue weighted by atomic mass is 9.99. The van der Waals surface area contributed by atoms with E-state index in [9.17, 15) is 5.11 Å². The van der Waals surface area contributed by atoms with Crippen LogP contribution in [0.4, 0.5) is 0 Å². The normalized spacial score (nSPS) is 30.5. The highest BCUT2D eigenvalue weighted by atomic mass is 28.4. The molecule has 0 aromatic rings. The summed E-state index contributed by atoms with van der Waals surface area (Å²) in [5, 5.41) is 10.8. The summed E-state index contributed by atoms with van der Waals surface area (Å²) < 4.78 is 31.7. The maximum atomic E-state index is 10.8. The topological polar surface area (TPSA) is 66.4 Å². The zero-order valence-electron chi connectivity index (χ0n) is 20.1. The molecule has 1 heterocycles. The van der Waals surface area contributed by atoms with Gasteiger partial charge < -0.3 is 27.5 Å². The minimum atomic E-state index is -1.94. The minimum absolute atomic E-state index is 0.320. The van der Waals surface area contributed by atoms with Crippen LogP contribution in [0.1, 0.15) is 0 Å². The van der Waals surface area contributed by atoms with Crippen LogP contribution in [0.15, 0.2) is 0 Å². The number of ether oxygens (including phenoxy) is 1. The maximum Gasteiger partial charge on any atom is 0.184 e. The highest BCUT2D eigenvalue weighted by Crippen LogP contribution is 2.33. The Morgan fingerprint density at radius 2 is 1.00 bits per heavy atom. The first kappa shape index (κ1) is 26.7. The van der Waals surface area contributed by atoms with Crippen LogP contribution in [0.25, 0.3) is 0 Å². The van der Waals surface area contributed by atoms with Crippen molar-refractivity contribution < 1.29 is 27.5 Å². The fourth-order valence-electron chi connectivity index (χ4n) is 2.99. The molecule has 6 nitrogen and oxygen atoms in total. The second-order valence-corrected chi connectivity index (χ2v) is 29.5. The summed E-state index contributed by atoms with van der Waals surface area (Å²) in [5.74, 6) is 0. The van der Waals surface area contributed by atoms with Gasteiger partial charge in [0, 0.05) is 0 Å². The fourth-order valence-corrected chi connectivity index (χ4v) is 6.91. The third-order valence-corrected chi connectivity index (χ3v) is 7.73. The molecule has 1 fully saturated rings. The molecule has 0 aromatic carbocycles. The van der Waals surface area contributed by atoms with E-state index in [1.54, 1.807) is 0 Å². The Bertz CT molecular complexity index is 492. The van der Waals surface area contributed by atoms with Gasteiger partial charge in [0.05, 0.1) is 6.61 Å². The van der Waals surface area contributed by atoms with E-state index >= 15 is 0 Å². The lowest BCUT2D eigenvalue weighted by Gasteiger charge is -2.49. The van der Waals surface area contributed by atoms with E-state index in [1.807, 2.05) is 0 Å². The molecule has 1 N–H and O–H groups in total. The minimum Gasteiger partial charge on any atom is -0.415 e. The summed E-state index contributed by atoms with van der Waals surface area (Å²) in [7, 11) is -7.50. The van der Waals surface area contributed by atoms with E-state index in [0.717, 1.165) is 0 Å². The van der Waals surface area contributed by atoms with Crippen LogP contribution in [0.5, 0.6) is 0 Å². The van der Waals surface area contributed by atoms with Gasteiger partial charge in [-0.1, -0.05) is 0 Å². The van der Waals surface area contributed by atoms with Crippen molar-refractivity contribution in [3.63, 3.8) is 0 Å². The van der Waals surface area contributed by atoms with Crippen LogP contribution in [0, 0.1) is 0 Å². The number of aliphatic hydroxyl groups excluding tert-OH is 1. The third kappa shape index (κ3) is 10.1. The molecule has 0 aliphatic carbocycles. The van der Waals surface area contributed by atoms with Gasteiger partial charge >= 0.3 is 0 Å². The van der Waals surface area contributed by atoms with Gasteiger partial charge in [0.15, 0.2) is 39.6 Å². The van der Waals surface area contributed by atoms with Crippen molar-refractivity contribution in [2.24, 2.45) is 0 Å². The van der Waals surface area contributed by atoms with Gasteiger partial charge in [-0.2, -0.15) is 0 Å². The molecule has 0 amide bonds. The second kappa shape index (κ2) is 9.41. The van der Waals surface area contributed by atoms with Crippen molar-refractivity contribution in [3.8, 4) is 0 Å². The van der Waals surface area contributed by atoms with E-state index in [1.165, 1.54) is 0 Å². The Morgan fingerprint density at radius 1 is 0.607 bits per heavy atom. The van der Waals surface area contributed by atoms with E-state index in [-0.39, 0.29) is 18.3 Å². The Morgan fingerprint density at radius 3 is 1.39 bits per heavy atom. The zero-order chi connectivity index (χ0) is 22.1. The molecule has 0 radical (unpaired) electrons. The van der Waals surface area contributed by atoms with Crippen molar-refractivity contribution in [3.05, 3.63) is 0 Å². The average molecular weight is 469 g/mol. The summed E-state index contributed by atoms with van der Waals surface area (Å²) in [6.45, 7) is 26.1. The van der Waals surface area contributed by atoms with E-state index in [4.69, 9.17) is 22.4 Å². The van der Waals surface area contributed by atoms with Gasteiger partial charge in [0.1, 0.15) is 24.4 Å². The van der Waals surface area contributed by atoms with Crippen LogP contribution in [-0.2, 0) is 22.4 Å². The average Bonchev–Trinajstić information content (AvgIpc) is 2.39. The summed E-state index contributed by atoms with van der Waals surface area (Å²) in [6, 6.07) is 0. The summed E-state index contributed by atoms with van der Waals surface area (Å²) in [5.41, 5.74) is 0. The van der Waals surface area contributed by atoms with Gasteiger partial charge in [-0.3, -0.25) is 0 Å². The smallest absolute Gasteiger partial charge is 0.184 e. The lowest BCUT2D eigenvalue weighted by Crippen LogP contribution is -2.66. The van der Waals surface area contributed by atoms with Gasteiger partial charge in [0.2, 0.25) is 0 Å². The van der Waals surface area contributed by atoms with Crippen LogP contribution >= 0.6 is 0 Å². The predicted molar refractivity (Wildman–Crippen MR) is 125 cm³/mol. The highest BCUT2D eigenvalue weighted by Gasteiger charge is 2.51. The zero-order valence-corrected chi connectivity index (χ0v) is 24.1. The molecule has 1 aliphatic rings. The molecule has 5 atom stereocenters. The number of hydrogen-bond donors (Lipinski definition) is 1. The molecule has 1 aliphatic heterocycles. The Kier molecular flexibility index (Phi) is 8.96. The molecule has 0 aromatic heterocycles. The van der Waals surface area contributed by atoms with Crippen LogP contribution in [-0.4, -0.2) is 75.7 Å². The molecule has 0 spiro atoms. The molecular formula is C18H44O6Si4. The van der Waals surface area contributed by atoms with Crippen molar-refractivity contribution in [2.75, 3.05) is 6.61 Å². The monoisotopic (exact) mass is 468 g/mol. The van der Waals surface area contributed by atoms with Crippen molar-refractivity contribution in [1.82, 2.24) is 0 Å². The Labute approximate surface area is 176 Å². The van der Waals surface area contributed by atoms with Crippen molar-refractivity contribution in [2.45, 2.75) is 109 Å². The van der Waals surface area contributed by atoms with Crippen molar-refractivity contribution in [1.29, 1.82) is 0 Å². The molecule has 10 heteroatoms. The number of aliphatic hydroxyl groups is 1. The molecule has 168 valence electrons. The molecular weight excluding hydrogens is 425 g/mol.